The zero-order chi connectivity index (χ0) is 26.1. The highest BCUT2D eigenvalue weighted by molar-refractivity contribution is 6.18. The van der Waals surface area contributed by atoms with Crippen LogP contribution in [0.1, 0.15) is 63.7 Å². The second-order valence-electron chi connectivity index (χ2n) is 9.52. The predicted octanol–water partition coefficient (Wildman–Crippen LogP) is 4.56. The average Bonchev–Trinajstić information content (AvgIpc) is 3.56. The first-order valence-corrected chi connectivity index (χ1v) is 11.6. The van der Waals surface area contributed by atoms with E-state index in [1.165, 1.54) is 12.1 Å². The molecule has 4 aliphatic rings. The van der Waals surface area contributed by atoms with Gasteiger partial charge in [0.2, 0.25) is 0 Å². The van der Waals surface area contributed by atoms with Crippen molar-refractivity contribution in [2.75, 3.05) is 0 Å². The van der Waals surface area contributed by atoms with Crippen LogP contribution in [0, 0.1) is 10.1 Å². The Labute approximate surface area is 212 Å². The van der Waals surface area contributed by atoms with Gasteiger partial charge in [0.05, 0.1) is 32.6 Å². The third kappa shape index (κ3) is 2.18. The molecule has 4 aromatic carbocycles. The van der Waals surface area contributed by atoms with E-state index in [0.29, 0.717) is 27.8 Å². The summed E-state index contributed by atoms with van der Waals surface area (Å²) < 4.78 is 9.72. The van der Waals surface area contributed by atoms with E-state index in [9.17, 15) is 29.3 Å². The van der Waals surface area contributed by atoms with E-state index in [4.69, 9.17) is 9.47 Å². The van der Waals surface area contributed by atoms with Gasteiger partial charge < -0.3 is 9.47 Å². The van der Waals surface area contributed by atoms with Gasteiger partial charge in [-0.2, -0.15) is 0 Å². The summed E-state index contributed by atoms with van der Waals surface area (Å²) in [5.41, 5.74) is 4.27. The Balaban J connectivity index is 1.59. The number of hydrogen-bond donors (Lipinski definition) is 0. The maximum atomic E-state index is 12.6. The van der Waals surface area contributed by atoms with Crippen molar-refractivity contribution in [2.24, 2.45) is 0 Å². The molecular formula is C29H11NO8. The van der Waals surface area contributed by atoms with Crippen LogP contribution in [0.3, 0.4) is 0 Å². The van der Waals surface area contributed by atoms with Crippen LogP contribution in [0.25, 0.3) is 22.3 Å². The molecule has 180 valence electrons. The normalized spacial score (nSPS) is 16.4. The lowest BCUT2D eigenvalue weighted by Gasteiger charge is -2.30. The van der Waals surface area contributed by atoms with E-state index in [2.05, 4.69) is 0 Å². The summed E-state index contributed by atoms with van der Waals surface area (Å²) in [6.45, 7) is 0. The lowest BCUT2D eigenvalue weighted by atomic mass is 9.70. The number of carbonyl (C=O) groups is 4. The Kier molecular flexibility index (Phi) is 3.52. The van der Waals surface area contributed by atoms with E-state index in [-0.39, 0.29) is 27.9 Å². The van der Waals surface area contributed by atoms with Crippen LogP contribution >= 0.6 is 0 Å². The first-order chi connectivity index (χ1) is 18.3. The minimum Gasteiger partial charge on any atom is -0.386 e. The maximum absolute atomic E-state index is 12.6. The van der Waals surface area contributed by atoms with Crippen molar-refractivity contribution >= 4 is 29.6 Å². The number of hydrogen-bond acceptors (Lipinski definition) is 8. The Bertz CT molecular complexity index is 1850. The molecule has 0 bridgehead atoms. The smallest absolute Gasteiger partial charge is 0.346 e. The van der Waals surface area contributed by atoms with Gasteiger partial charge in [-0.3, -0.25) is 10.1 Å². The number of esters is 4. The fourth-order valence-corrected chi connectivity index (χ4v) is 6.44. The van der Waals surface area contributed by atoms with Gasteiger partial charge in [0.15, 0.2) is 0 Å². The van der Waals surface area contributed by atoms with E-state index in [1.54, 1.807) is 30.3 Å². The van der Waals surface area contributed by atoms with E-state index in [1.807, 2.05) is 24.3 Å². The van der Waals surface area contributed by atoms with Crippen molar-refractivity contribution in [1.82, 2.24) is 0 Å². The van der Waals surface area contributed by atoms with Crippen LogP contribution in [-0.4, -0.2) is 28.8 Å². The summed E-state index contributed by atoms with van der Waals surface area (Å²) in [6.07, 6.45) is 0. The van der Waals surface area contributed by atoms with Gasteiger partial charge in [0.25, 0.3) is 5.69 Å². The van der Waals surface area contributed by atoms with Crippen molar-refractivity contribution in [3.8, 4) is 22.3 Å². The molecule has 8 rings (SSSR count). The van der Waals surface area contributed by atoms with Gasteiger partial charge in [-0.05, 0) is 74.8 Å². The fourth-order valence-electron chi connectivity index (χ4n) is 6.44. The number of nitro groups is 1. The zero-order valence-electron chi connectivity index (χ0n) is 19.1. The summed E-state index contributed by atoms with van der Waals surface area (Å²) in [6, 6.07) is 18.4. The molecule has 0 radical (unpaired) electrons. The molecule has 0 unspecified atom stereocenters. The molecule has 4 aromatic rings. The van der Waals surface area contributed by atoms with Gasteiger partial charge in [-0.1, -0.05) is 24.3 Å². The highest BCUT2D eigenvalue weighted by atomic mass is 16.6. The van der Waals surface area contributed by atoms with Crippen molar-refractivity contribution < 1.29 is 33.6 Å². The third-order valence-corrected chi connectivity index (χ3v) is 7.90. The third-order valence-electron chi connectivity index (χ3n) is 7.90. The van der Waals surface area contributed by atoms with Crippen molar-refractivity contribution in [3.63, 3.8) is 0 Å². The monoisotopic (exact) mass is 501 g/mol. The summed E-state index contributed by atoms with van der Waals surface area (Å²) in [5, 5.41) is 11.8. The average molecular weight is 501 g/mol. The number of carbonyl (C=O) groups excluding carboxylic acids is 4. The molecule has 2 aliphatic carbocycles. The maximum Gasteiger partial charge on any atom is 0.346 e. The Hall–Kier alpha value is -5.44. The van der Waals surface area contributed by atoms with Crippen LogP contribution in [0.5, 0.6) is 0 Å². The number of benzene rings is 4. The van der Waals surface area contributed by atoms with Gasteiger partial charge in [-0.15, -0.1) is 0 Å². The highest BCUT2D eigenvalue weighted by Gasteiger charge is 2.54. The number of cyclic esters (lactones) is 4. The molecule has 0 saturated carbocycles. The molecule has 9 nitrogen and oxygen atoms in total. The summed E-state index contributed by atoms with van der Waals surface area (Å²) in [5.74, 6) is -3.14. The molecular weight excluding hydrogens is 490 g/mol. The fraction of sp³-hybridized carbons (Fsp3) is 0.0345. The lowest BCUT2D eigenvalue weighted by Crippen LogP contribution is -2.26. The molecule has 1 spiro atoms. The van der Waals surface area contributed by atoms with Gasteiger partial charge in [0.1, 0.15) is 0 Å². The first-order valence-electron chi connectivity index (χ1n) is 11.6. The van der Waals surface area contributed by atoms with Crippen LogP contribution in [0.2, 0.25) is 0 Å². The number of fused-ring (bicyclic) bond motifs is 12. The SMILES string of the molecule is O=C1OC(=O)c2cc3c(cc21)-c1cc2c(cc1C31c3ccccc3-c3ccc([N+](=O)[O-])cc31)C(=O)OC2=O. The van der Waals surface area contributed by atoms with Crippen molar-refractivity contribution in [3.05, 3.63) is 121 Å². The molecule has 0 aromatic heterocycles. The second-order valence-corrected chi connectivity index (χ2v) is 9.52. The van der Waals surface area contributed by atoms with Crippen LogP contribution in [0.15, 0.2) is 66.7 Å². The number of ether oxygens (including phenoxy) is 2. The van der Waals surface area contributed by atoms with E-state index < -0.39 is 34.2 Å². The molecule has 9 heteroatoms. The predicted molar refractivity (Wildman–Crippen MR) is 129 cm³/mol. The van der Waals surface area contributed by atoms with Crippen LogP contribution < -0.4 is 0 Å². The molecule has 0 N–H and O–H groups in total. The molecule has 2 heterocycles. The minimum atomic E-state index is -1.18. The molecule has 2 aliphatic heterocycles. The van der Waals surface area contributed by atoms with Crippen molar-refractivity contribution in [2.45, 2.75) is 5.41 Å². The standard InChI is InChI=1S/C29H11NO8/c31-25-17-8-15-16-9-18-20(28(34)38-26(18)32)11-24(16)29(23(15)10-19(17)27(33)37-25)21-4-2-1-3-13(21)14-6-5-12(30(35)36)7-22(14)29/h1-11H. The number of nitro benzene ring substituents is 1. The largest absolute Gasteiger partial charge is 0.386 e. The second kappa shape index (κ2) is 6.46. The minimum absolute atomic E-state index is 0.0836. The Morgan fingerprint density at radius 3 is 1.55 bits per heavy atom. The Morgan fingerprint density at radius 1 is 0.526 bits per heavy atom. The summed E-state index contributed by atoms with van der Waals surface area (Å²) in [4.78, 5) is 61.5. The first kappa shape index (κ1) is 20.7. The number of rotatable bonds is 1. The topological polar surface area (TPSA) is 130 Å². The molecule has 0 saturated heterocycles. The Morgan fingerprint density at radius 2 is 1.00 bits per heavy atom. The highest BCUT2D eigenvalue weighted by Crippen LogP contribution is 2.64. The van der Waals surface area contributed by atoms with E-state index in [0.717, 1.165) is 16.7 Å². The van der Waals surface area contributed by atoms with Crippen LogP contribution in [0.4, 0.5) is 5.69 Å². The van der Waals surface area contributed by atoms with Gasteiger partial charge in [0, 0.05) is 12.1 Å². The summed E-state index contributed by atoms with van der Waals surface area (Å²) >= 11 is 0. The molecule has 0 atom stereocenters. The van der Waals surface area contributed by atoms with Crippen molar-refractivity contribution in [1.29, 1.82) is 0 Å². The molecule has 0 fully saturated rings. The van der Waals surface area contributed by atoms with E-state index >= 15 is 0 Å². The molecule has 38 heavy (non-hydrogen) atoms. The summed E-state index contributed by atoms with van der Waals surface area (Å²) in [7, 11) is 0. The number of nitrogens with zero attached hydrogens (tertiary/aromatic N) is 1. The zero-order valence-corrected chi connectivity index (χ0v) is 19.1. The quantitative estimate of drug-likeness (QED) is 0.139. The lowest BCUT2D eigenvalue weighted by molar-refractivity contribution is -0.384. The van der Waals surface area contributed by atoms with Crippen LogP contribution in [-0.2, 0) is 14.9 Å². The van der Waals surface area contributed by atoms with Gasteiger partial charge in [-0.25, -0.2) is 19.2 Å². The number of non-ortho nitro benzene ring substituents is 1. The molecule has 0 amide bonds. The van der Waals surface area contributed by atoms with Gasteiger partial charge >= 0.3 is 23.9 Å².